The SMILES string of the molecule is CS(=O)CCCNc1nc(NN)nc(-n2cccn2)n1. The van der Waals surface area contributed by atoms with Crippen molar-refractivity contribution in [1.29, 1.82) is 0 Å². The summed E-state index contributed by atoms with van der Waals surface area (Å²) in [6, 6.07) is 1.77. The van der Waals surface area contributed by atoms with Crippen LogP contribution < -0.4 is 16.6 Å². The molecule has 0 aliphatic heterocycles. The first-order chi connectivity index (χ1) is 9.69. The number of nitrogens with one attached hydrogen (secondary N) is 2. The number of hydrazine groups is 1. The normalized spacial score (nSPS) is 12.1. The zero-order chi connectivity index (χ0) is 14.4. The Balaban J connectivity index is 2.08. The van der Waals surface area contributed by atoms with E-state index in [0.29, 0.717) is 24.2 Å². The van der Waals surface area contributed by atoms with E-state index in [4.69, 9.17) is 5.84 Å². The Labute approximate surface area is 118 Å². The van der Waals surface area contributed by atoms with Crippen LogP contribution in [-0.2, 0) is 10.8 Å². The molecule has 2 heterocycles. The summed E-state index contributed by atoms with van der Waals surface area (Å²) in [5.74, 6) is 6.96. The van der Waals surface area contributed by atoms with Gasteiger partial charge in [-0.25, -0.2) is 10.5 Å². The molecule has 108 valence electrons. The molecule has 0 saturated carbocycles. The molecule has 9 nitrogen and oxygen atoms in total. The van der Waals surface area contributed by atoms with Crippen LogP contribution in [0.5, 0.6) is 0 Å². The summed E-state index contributed by atoms with van der Waals surface area (Å²) in [6.07, 6.45) is 5.79. The van der Waals surface area contributed by atoms with Crippen molar-refractivity contribution < 1.29 is 4.21 Å². The van der Waals surface area contributed by atoms with Crippen molar-refractivity contribution in [3.63, 3.8) is 0 Å². The molecule has 0 radical (unpaired) electrons. The van der Waals surface area contributed by atoms with E-state index >= 15 is 0 Å². The lowest BCUT2D eigenvalue weighted by molar-refractivity contribution is 0.685. The van der Waals surface area contributed by atoms with Crippen LogP contribution >= 0.6 is 0 Å². The van der Waals surface area contributed by atoms with Crippen LogP contribution in [-0.4, -0.2) is 47.5 Å². The van der Waals surface area contributed by atoms with Gasteiger partial charge in [0.1, 0.15) is 0 Å². The lowest BCUT2D eigenvalue weighted by Crippen LogP contribution is -2.16. The molecule has 1 atom stereocenters. The van der Waals surface area contributed by atoms with Gasteiger partial charge in [-0.15, -0.1) is 0 Å². The van der Waals surface area contributed by atoms with E-state index in [-0.39, 0.29) is 5.95 Å². The molecule has 2 aromatic rings. The molecule has 10 heteroatoms. The van der Waals surface area contributed by atoms with Gasteiger partial charge in [-0.05, 0) is 12.5 Å². The van der Waals surface area contributed by atoms with E-state index in [9.17, 15) is 4.21 Å². The molecule has 4 N–H and O–H groups in total. The highest BCUT2D eigenvalue weighted by Crippen LogP contribution is 2.07. The summed E-state index contributed by atoms with van der Waals surface area (Å²) in [5, 5.41) is 7.09. The van der Waals surface area contributed by atoms with Crippen LogP contribution in [0.3, 0.4) is 0 Å². The second-order valence-electron chi connectivity index (χ2n) is 3.94. The number of nitrogen functional groups attached to an aromatic ring is 1. The molecule has 0 amide bonds. The van der Waals surface area contributed by atoms with Crippen LogP contribution in [0.25, 0.3) is 5.95 Å². The van der Waals surface area contributed by atoms with Crippen LogP contribution in [0.4, 0.5) is 11.9 Å². The summed E-state index contributed by atoms with van der Waals surface area (Å²) in [7, 11) is -0.798. The third-order valence-corrected chi connectivity index (χ3v) is 3.22. The van der Waals surface area contributed by atoms with Crippen LogP contribution in [0.15, 0.2) is 18.5 Å². The van der Waals surface area contributed by atoms with E-state index in [0.717, 1.165) is 6.42 Å². The molecule has 2 rings (SSSR count). The highest BCUT2D eigenvalue weighted by atomic mass is 32.2. The highest BCUT2D eigenvalue weighted by Gasteiger charge is 2.07. The summed E-state index contributed by atoms with van der Waals surface area (Å²) < 4.78 is 12.5. The van der Waals surface area contributed by atoms with Crippen LogP contribution in [0, 0.1) is 0 Å². The Bertz CT molecular complexity index is 573. The van der Waals surface area contributed by atoms with Crippen LogP contribution in [0.2, 0.25) is 0 Å². The number of nitrogens with two attached hydrogens (primary N) is 1. The van der Waals surface area contributed by atoms with E-state index in [1.165, 1.54) is 4.68 Å². The molecular weight excluding hydrogens is 280 g/mol. The maximum Gasteiger partial charge on any atom is 0.257 e. The summed E-state index contributed by atoms with van der Waals surface area (Å²) in [4.78, 5) is 12.4. The Hall–Kier alpha value is -2.07. The second-order valence-corrected chi connectivity index (χ2v) is 5.49. The fourth-order valence-corrected chi connectivity index (χ4v) is 2.02. The maximum atomic E-state index is 11.0. The van der Waals surface area contributed by atoms with E-state index in [2.05, 4.69) is 30.8 Å². The topological polar surface area (TPSA) is 124 Å². The van der Waals surface area contributed by atoms with E-state index < -0.39 is 10.8 Å². The van der Waals surface area contributed by atoms with Gasteiger partial charge in [-0.3, -0.25) is 9.63 Å². The Morgan fingerprint density at radius 3 is 2.80 bits per heavy atom. The van der Waals surface area contributed by atoms with Gasteiger partial charge in [0.25, 0.3) is 5.95 Å². The Morgan fingerprint density at radius 2 is 2.15 bits per heavy atom. The van der Waals surface area contributed by atoms with Crippen molar-refractivity contribution in [1.82, 2.24) is 24.7 Å². The molecule has 20 heavy (non-hydrogen) atoms. The second kappa shape index (κ2) is 6.91. The quantitative estimate of drug-likeness (QED) is 0.356. The van der Waals surface area contributed by atoms with Gasteiger partial charge < -0.3 is 5.32 Å². The van der Waals surface area contributed by atoms with Crippen molar-refractivity contribution >= 4 is 22.7 Å². The molecule has 0 aromatic carbocycles. The zero-order valence-electron chi connectivity index (χ0n) is 11.0. The number of nitrogens with zero attached hydrogens (tertiary/aromatic N) is 5. The molecule has 0 bridgehead atoms. The fourth-order valence-electron chi connectivity index (χ4n) is 1.47. The molecule has 1 unspecified atom stereocenters. The lowest BCUT2D eigenvalue weighted by Gasteiger charge is -2.08. The van der Waals surface area contributed by atoms with Gasteiger partial charge in [0.05, 0.1) is 0 Å². The molecule has 0 fully saturated rings. The summed E-state index contributed by atoms with van der Waals surface area (Å²) >= 11 is 0. The van der Waals surface area contributed by atoms with E-state index in [1.807, 2.05) is 0 Å². The van der Waals surface area contributed by atoms with Crippen molar-refractivity contribution in [2.75, 3.05) is 29.3 Å². The van der Waals surface area contributed by atoms with Gasteiger partial charge in [0.2, 0.25) is 11.9 Å². The molecular formula is C10H16N8OS. The minimum atomic E-state index is -0.798. The van der Waals surface area contributed by atoms with E-state index in [1.54, 1.807) is 24.7 Å². The predicted molar refractivity (Wildman–Crippen MR) is 76.8 cm³/mol. The Morgan fingerprint density at radius 1 is 1.35 bits per heavy atom. The first-order valence-corrected chi connectivity index (χ1v) is 7.68. The lowest BCUT2D eigenvalue weighted by atomic mass is 10.5. The minimum Gasteiger partial charge on any atom is -0.354 e. The number of hydrogen-bond donors (Lipinski definition) is 3. The third kappa shape index (κ3) is 3.96. The maximum absolute atomic E-state index is 11.0. The standard InChI is InChI=1S/C10H16N8OS/c1-20(19)7-3-4-12-8-14-9(17-11)16-10(15-8)18-6-2-5-13-18/h2,5-6H,3-4,7,11H2,1H3,(H2,12,14,15,16,17). The van der Waals surface area contributed by atoms with Gasteiger partial charge in [-0.1, -0.05) is 0 Å². The summed E-state index contributed by atoms with van der Waals surface area (Å²) in [6.45, 7) is 0.617. The smallest absolute Gasteiger partial charge is 0.257 e. The highest BCUT2D eigenvalue weighted by molar-refractivity contribution is 7.84. The number of anilines is 2. The molecule has 0 aliphatic carbocycles. The third-order valence-electron chi connectivity index (χ3n) is 2.35. The van der Waals surface area contributed by atoms with Crippen molar-refractivity contribution in [2.24, 2.45) is 5.84 Å². The van der Waals surface area contributed by atoms with Gasteiger partial charge in [0, 0.05) is 41.7 Å². The molecule has 2 aromatic heterocycles. The molecule has 0 saturated heterocycles. The van der Waals surface area contributed by atoms with Crippen molar-refractivity contribution in [3.8, 4) is 5.95 Å². The number of aromatic nitrogens is 5. The fraction of sp³-hybridized carbons (Fsp3) is 0.400. The largest absolute Gasteiger partial charge is 0.354 e. The summed E-state index contributed by atoms with van der Waals surface area (Å²) in [5.41, 5.74) is 2.39. The average molecular weight is 296 g/mol. The van der Waals surface area contributed by atoms with Crippen molar-refractivity contribution in [2.45, 2.75) is 6.42 Å². The number of hydrogen-bond acceptors (Lipinski definition) is 8. The monoisotopic (exact) mass is 296 g/mol. The van der Waals surface area contributed by atoms with Crippen molar-refractivity contribution in [3.05, 3.63) is 18.5 Å². The first kappa shape index (κ1) is 14.3. The number of rotatable bonds is 7. The molecule has 0 aliphatic rings. The zero-order valence-corrected chi connectivity index (χ0v) is 11.8. The van der Waals surface area contributed by atoms with Gasteiger partial charge in [-0.2, -0.15) is 20.1 Å². The molecule has 0 spiro atoms. The first-order valence-electron chi connectivity index (χ1n) is 5.95. The van der Waals surface area contributed by atoms with Crippen LogP contribution in [0.1, 0.15) is 6.42 Å². The Kier molecular flexibility index (Phi) is 4.96. The average Bonchev–Trinajstić information content (AvgIpc) is 2.97. The minimum absolute atomic E-state index is 0.243. The van der Waals surface area contributed by atoms with Gasteiger partial charge in [0.15, 0.2) is 0 Å². The predicted octanol–water partition coefficient (Wildman–Crippen LogP) is -0.477. The van der Waals surface area contributed by atoms with Gasteiger partial charge >= 0.3 is 0 Å².